The number of aryl methyl sites for hydroxylation is 1. The van der Waals surface area contributed by atoms with Crippen LogP contribution in [0.2, 0.25) is 0 Å². The first-order valence-corrected chi connectivity index (χ1v) is 9.22. The molecule has 0 spiro atoms. The molecular weight excluding hydrogens is 424 g/mol. The minimum absolute atomic E-state index is 0.163. The van der Waals surface area contributed by atoms with Crippen LogP contribution in [0.25, 0.3) is 6.08 Å². The van der Waals surface area contributed by atoms with Crippen molar-refractivity contribution >= 4 is 45.5 Å². The number of barbiturate groups is 1. The van der Waals surface area contributed by atoms with Crippen LogP contribution in [-0.4, -0.2) is 24.5 Å². The summed E-state index contributed by atoms with van der Waals surface area (Å²) in [6.45, 7) is 5.66. The molecule has 3 rings (SSSR count). The van der Waals surface area contributed by atoms with Crippen molar-refractivity contribution < 1.29 is 19.1 Å². The number of para-hydroxylation sites is 1. The van der Waals surface area contributed by atoms with Crippen LogP contribution in [0.5, 0.6) is 5.75 Å². The molecular formula is C21H17BrN2O4. The van der Waals surface area contributed by atoms with E-state index in [0.29, 0.717) is 17.0 Å². The molecule has 1 heterocycles. The number of nitrogens with one attached hydrogen (secondary N) is 1. The number of benzene rings is 2. The zero-order valence-electron chi connectivity index (χ0n) is 15.1. The first kappa shape index (κ1) is 19.6. The van der Waals surface area contributed by atoms with Crippen LogP contribution in [0.4, 0.5) is 10.5 Å². The number of halogens is 1. The Morgan fingerprint density at radius 2 is 1.93 bits per heavy atom. The standard InChI is InChI=1S/C21H17BrN2O4/c1-3-10-28-18-9-8-15(22)11-14(18)12-16-19(25)23-21(27)24(20(16)26)17-7-5-4-6-13(17)2/h3-9,11-12H,1,10H2,2H3,(H,23,25,27)/b16-12+. The summed E-state index contributed by atoms with van der Waals surface area (Å²) < 4.78 is 6.35. The van der Waals surface area contributed by atoms with Gasteiger partial charge in [0.2, 0.25) is 0 Å². The summed E-state index contributed by atoms with van der Waals surface area (Å²) in [7, 11) is 0. The van der Waals surface area contributed by atoms with Crippen LogP contribution >= 0.6 is 15.9 Å². The number of urea groups is 1. The lowest BCUT2D eigenvalue weighted by Gasteiger charge is -2.27. The quantitative estimate of drug-likeness (QED) is 0.433. The summed E-state index contributed by atoms with van der Waals surface area (Å²) in [5.41, 5.74) is 1.51. The lowest BCUT2D eigenvalue weighted by atomic mass is 10.1. The van der Waals surface area contributed by atoms with E-state index >= 15 is 0 Å². The second kappa shape index (κ2) is 8.22. The fourth-order valence-corrected chi connectivity index (χ4v) is 3.14. The molecule has 7 heteroatoms. The van der Waals surface area contributed by atoms with Crippen LogP contribution in [0.15, 0.2) is 65.2 Å². The highest BCUT2D eigenvalue weighted by Crippen LogP contribution is 2.29. The highest BCUT2D eigenvalue weighted by molar-refractivity contribution is 9.10. The second-order valence-corrected chi connectivity index (χ2v) is 6.94. The summed E-state index contributed by atoms with van der Waals surface area (Å²) in [6, 6.07) is 11.4. The number of amides is 4. The first-order chi connectivity index (χ1) is 13.4. The van der Waals surface area contributed by atoms with Crippen molar-refractivity contribution in [2.45, 2.75) is 6.92 Å². The van der Waals surface area contributed by atoms with E-state index < -0.39 is 17.8 Å². The van der Waals surface area contributed by atoms with Gasteiger partial charge < -0.3 is 4.74 Å². The van der Waals surface area contributed by atoms with Crippen LogP contribution in [0, 0.1) is 6.92 Å². The van der Waals surface area contributed by atoms with E-state index in [1.807, 2.05) is 0 Å². The van der Waals surface area contributed by atoms with Gasteiger partial charge in [0.25, 0.3) is 11.8 Å². The van der Waals surface area contributed by atoms with Gasteiger partial charge in [0, 0.05) is 10.0 Å². The molecule has 0 atom stereocenters. The maximum atomic E-state index is 13.0. The Labute approximate surface area is 170 Å². The Balaban J connectivity index is 2.06. The van der Waals surface area contributed by atoms with E-state index in [-0.39, 0.29) is 12.2 Å². The van der Waals surface area contributed by atoms with Crippen LogP contribution in [0.1, 0.15) is 11.1 Å². The van der Waals surface area contributed by atoms with Crippen molar-refractivity contribution in [1.29, 1.82) is 0 Å². The van der Waals surface area contributed by atoms with Crippen molar-refractivity contribution in [2.24, 2.45) is 0 Å². The lowest BCUT2D eigenvalue weighted by molar-refractivity contribution is -0.122. The van der Waals surface area contributed by atoms with E-state index in [2.05, 4.69) is 27.8 Å². The number of nitrogens with zero attached hydrogens (tertiary/aromatic N) is 1. The Bertz CT molecular complexity index is 1010. The van der Waals surface area contributed by atoms with Crippen LogP contribution in [-0.2, 0) is 9.59 Å². The maximum Gasteiger partial charge on any atom is 0.335 e. The van der Waals surface area contributed by atoms with Gasteiger partial charge in [-0.05, 0) is 42.8 Å². The number of carbonyl (C=O) groups is 3. The number of anilines is 1. The molecule has 0 unspecified atom stereocenters. The first-order valence-electron chi connectivity index (χ1n) is 8.42. The highest BCUT2D eigenvalue weighted by Gasteiger charge is 2.37. The van der Waals surface area contributed by atoms with Crippen molar-refractivity contribution in [3.63, 3.8) is 0 Å². The van der Waals surface area contributed by atoms with Crippen molar-refractivity contribution in [1.82, 2.24) is 5.32 Å². The molecule has 142 valence electrons. The summed E-state index contributed by atoms with van der Waals surface area (Å²) in [5.74, 6) is -0.970. The molecule has 2 aromatic carbocycles. The smallest absolute Gasteiger partial charge is 0.335 e. The van der Waals surface area contributed by atoms with Crippen LogP contribution in [0.3, 0.4) is 0 Å². The third-order valence-corrected chi connectivity index (χ3v) is 4.58. The number of ether oxygens (including phenoxy) is 1. The largest absolute Gasteiger partial charge is 0.489 e. The number of rotatable bonds is 5. The van der Waals surface area contributed by atoms with Gasteiger partial charge in [-0.2, -0.15) is 0 Å². The van der Waals surface area contributed by atoms with Gasteiger partial charge in [0.15, 0.2) is 0 Å². The molecule has 0 radical (unpaired) electrons. The SMILES string of the molecule is C=CCOc1ccc(Br)cc1/C=C1\C(=O)NC(=O)N(c2ccccc2C)C1=O. The Hall–Kier alpha value is -3.19. The van der Waals surface area contributed by atoms with Crippen molar-refractivity contribution in [2.75, 3.05) is 11.5 Å². The molecule has 1 aliphatic rings. The van der Waals surface area contributed by atoms with Crippen molar-refractivity contribution in [3.05, 3.63) is 76.3 Å². The van der Waals surface area contributed by atoms with Gasteiger partial charge >= 0.3 is 6.03 Å². The van der Waals surface area contributed by atoms with Crippen LogP contribution < -0.4 is 15.0 Å². The lowest BCUT2D eigenvalue weighted by Crippen LogP contribution is -2.54. The molecule has 1 aliphatic heterocycles. The predicted molar refractivity (Wildman–Crippen MR) is 110 cm³/mol. The number of carbonyl (C=O) groups excluding carboxylic acids is 3. The Morgan fingerprint density at radius 1 is 1.18 bits per heavy atom. The average Bonchev–Trinajstić information content (AvgIpc) is 2.66. The minimum Gasteiger partial charge on any atom is -0.489 e. The van der Waals surface area contributed by atoms with E-state index in [4.69, 9.17) is 4.74 Å². The zero-order valence-corrected chi connectivity index (χ0v) is 16.7. The molecule has 0 aliphatic carbocycles. The summed E-state index contributed by atoms with van der Waals surface area (Å²) >= 11 is 3.37. The Kier molecular flexibility index (Phi) is 5.75. The van der Waals surface area contributed by atoms with Gasteiger partial charge in [0.1, 0.15) is 17.9 Å². The molecule has 1 saturated heterocycles. The number of hydrogen-bond donors (Lipinski definition) is 1. The monoisotopic (exact) mass is 440 g/mol. The van der Waals surface area contributed by atoms with Crippen molar-refractivity contribution in [3.8, 4) is 5.75 Å². The van der Waals surface area contributed by atoms with E-state index in [1.165, 1.54) is 6.08 Å². The van der Waals surface area contributed by atoms with E-state index in [9.17, 15) is 14.4 Å². The average molecular weight is 441 g/mol. The maximum absolute atomic E-state index is 13.0. The van der Waals surface area contributed by atoms with Gasteiger partial charge in [-0.1, -0.05) is 46.8 Å². The topological polar surface area (TPSA) is 75.7 Å². The molecule has 1 fully saturated rings. The molecule has 0 saturated carbocycles. The molecule has 2 aromatic rings. The molecule has 28 heavy (non-hydrogen) atoms. The highest BCUT2D eigenvalue weighted by atomic mass is 79.9. The van der Waals surface area contributed by atoms with Gasteiger partial charge in [0.05, 0.1) is 5.69 Å². The van der Waals surface area contributed by atoms with Gasteiger partial charge in [-0.25, -0.2) is 9.69 Å². The fourth-order valence-electron chi connectivity index (χ4n) is 2.76. The molecule has 1 N–H and O–H groups in total. The Morgan fingerprint density at radius 3 is 2.64 bits per heavy atom. The normalized spacial score (nSPS) is 15.6. The fraction of sp³-hybridized carbons (Fsp3) is 0.0952. The third kappa shape index (κ3) is 3.89. The summed E-state index contributed by atoms with van der Waals surface area (Å²) in [4.78, 5) is 38.7. The number of imide groups is 2. The molecule has 4 amide bonds. The zero-order chi connectivity index (χ0) is 20.3. The molecule has 0 bridgehead atoms. The second-order valence-electron chi connectivity index (χ2n) is 6.03. The van der Waals surface area contributed by atoms with E-state index in [1.54, 1.807) is 55.5 Å². The summed E-state index contributed by atoms with van der Waals surface area (Å²) in [6.07, 6.45) is 3.01. The summed E-state index contributed by atoms with van der Waals surface area (Å²) in [5, 5.41) is 2.22. The van der Waals surface area contributed by atoms with E-state index in [0.717, 1.165) is 14.9 Å². The minimum atomic E-state index is -0.779. The van der Waals surface area contributed by atoms with Gasteiger partial charge in [-0.15, -0.1) is 0 Å². The predicted octanol–water partition coefficient (Wildman–Crippen LogP) is 3.99. The third-order valence-electron chi connectivity index (χ3n) is 4.09. The number of hydrogen-bond acceptors (Lipinski definition) is 4. The van der Waals surface area contributed by atoms with Gasteiger partial charge in [-0.3, -0.25) is 14.9 Å². The molecule has 6 nitrogen and oxygen atoms in total. The molecule has 0 aromatic heterocycles.